The number of fused-ring (bicyclic) bond motifs is 1. The number of amides is 1. The number of piperazine rings is 1. The van der Waals surface area contributed by atoms with E-state index in [2.05, 4.69) is 23.8 Å². The summed E-state index contributed by atoms with van der Waals surface area (Å²) in [6.45, 7) is 7.13. The number of hydrogen-bond donors (Lipinski definition) is 0. The molecule has 0 radical (unpaired) electrons. The van der Waals surface area contributed by atoms with Gasteiger partial charge in [0, 0.05) is 38.5 Å². The van der Waals surface area contributed by atoms with Crippen LogP contribution in [0.5, 0.6) is 0 Å². The second kappa shape index (κ2) is 8.11. The van der Waals surface area contributed by atoms with Crippen molar-refractivity contribution in [2.24, 2.45) is 5.92 Å². The molecule has 0 atom stereocenters. The van der Waals surface area contributed by atoms with Crippen LogP contribution < -0.4 is 4.90 Å². The van der Waals surface area contributed by atoms with Gasteiger partial charge in [-0.3, -0.25) is 4.79 Å². The zero-order chi connectivity index (χ0) is 21.5. The summed E-state index contributed by atoms with van der Waals surface area (Å²) in [5.41, 5.74) is 1.60. The van der Waals surface area contributed by atoms with Crippen LogP contribution in [-0.4, -0.2) is 56.7 Å². The third-order valence-electron chi connectivity index (χ3n) is 5.96. The first-order valence-corrected chi connectivity index (χ1v) is 11.4. The Morgan fingerprint density at radius 2 is 1.87 bits per heavy atom. The maximum atomic E-state index is 12.5. The first-order chi connectivity index (χ1) is 15.0. The third-order valence-corrected chi connectivity index (χ3v) is 6.28. The van der Waals surface area contributed by atoms with E-state index in [4.69, 9.17) is 21.6 Å². The van der Waals surface area contributed by atoms with Gasteiger partial charge in [0.05, 0.1) is 22.3 Å². The SMILES string of the molecule is CC(C)CC(=O)N1CCN(c2nc(C3CC3)nc3c2cnn3-c2ccccc2Cl)CC1. The molecular weight excluding hydrogens is 412 g/mol. The van der Waals surface area contributed by atoms with Crippen LogP contribution in [0.1, 0.15) is 44.9 Å². The van der Waals surface area contributed by atoms with Crippen LogP contribution in [0.4, 0.5) is 5.82 Å². The molecule has 0 unspecified atom stereocenters. The number of nitrogens with zero attached hydrogens (tertiary/aromatic N) is 6. The van der Waals surface area contributed by atoms with Gasteiger partial charge in [0.25, 0.3) is 0 Å². The molecule has 1 saturated carbocycles. The van der Waals surface area contributed by atoms with Crippen molar-refractivity contribution in [1.82, 2.24) is 24.6 Å². The van der Waals surface area contributed by atoms with Gasteiger partial charge >= 0.3 is 0 Å². The van der Waals surface area contributed by atoms with Crippen LogP contribution in [0, 0.1) is 5.92 Å². The maximum Gasteiger partial charge on any atom is 0.222 e. The summed E-state index contributed by atoms with van der Waals surface area (Å²) in [5, 5.41) is 6.18. The summed E-state index contributed by atoms with van der Waals surface area (Å²) in [4.78, 5) is 26.6. The largest absolute Gasteiger partial charge is 0.352 e. The summed E-state index contributed by atoms with van der Waals surface area (Å²) < 4.78 is 1.82. The molecule has 7 nitrogen and oxygen atoms in total. The fourth-order valence-corrected chi connectivity index (χ4v) is 4.34. The van der Waals surface area contributed by atoms with Crippen molar-refractivity contribution in [2.75, 3.05) is 31.1 Å². The number of aromatic nitrogens is 4. The lowest BCUT2D eigenvalue weighted by molar-refractivity contribution is -0.132. The number of rotatable bonds is 5. The Bertz CT molecular complexity index is 1110. The van der Waals surface area contributed by atoms with Crippen LogP contribution in [0.25, 0.3) is 16.7 Å². The van der Waals surface area contributed by atoms with Crippen molar-refractivity contribution >= 4 is 34.4 Å². The van der Waals surface area contributed by atoms with E-state index in [-0.39, 0.29) is 5.91 Å². The Balaban J connectivity index is 1.48. The van der Waals surface area contributed by atoms with E-state index >= 15 is 0 Å². The summed E-state index contributed by atoms with van der Waals surface area (Å²) in [6, 6.07) is 7.67. The van der Waals surface area contributed by atoms with Crippen molar-refractivity contribution in [3.63, 3.8) is 0 Å². The molecule has 2 aromatic heterocycles. The monoisotopic (exact) mass is 438 g/mol. The van der Waals surface area contributed by atoms with Gasteiger partial charge < -0.3 is 9.80 Å². The van der Waals surface area contributed by atoms with Gasteiger partial charge in [0.2, 0.25) is 5.91 Å². The molecule has 5 rings (SSSR count). The van der Waals surface area contributed by atoms with Crippen LogP contribution in [0.2, 0.25) is 5.02 Å². The first-order valence-electron chi connectivity index (χ1n) is 11.0. The fraction of sp³-hybridized carbons (Fsp3) is 0.478. The lowest BCUT2D eigenvalue weighted by Gasteiger charge is -2.36. The van der Waals surface area contributed by atoms with Crippen molar-refractivity contribution in [3.05, 3.63) is 41.3 Å². The fourth-order valence-electron chi connectivity index (χ4n) is 4.12. The molecule has 3 heterocycles. The van der Waals surface area contributed by atoms with Crippen molar-refractivity contribution in [1.29, 1.82) is 0 Å². The summed E-state index contributed by atoms with van der Waals surface area (Å²) in [6.07, 6.45) is 4.69. The predicted molar refractivity (Wildman–Crippen MR) is 122 cm³/mol. The van der Waals surface area contributed by atoms with E-state index in [1.54, 1.807) is 0 Å². The average Bonchev–Trinajstić information content (AvgIpc) is 3.53. The molecule has 1 aliphatic carbocycles. The smallest absolute Gasteiger partial charge is 0.222 e. The summed E-state index contributed by atoms with van der Waals surface area (Å²) in [5.74, 6) is 2.85. The Hall–Kier alpha value is -2.67. The number of benzene rings is 1. The third kappa shape index (κ3) is 3.99. The van der Waals surface area contributed by atoms with Gasteiger partial charge in [-0.1, -0.05) is 37.6 Å². The molecule has 8 heteroatoms. The standard InChI is InChI=1S/C23H27ClN6O/c1-15(2)13-20(31)28-9-11-29(12-10-28)22-17-14-25-30(19-6-4-3-5-18(19)24)23(17)27-21(26-22)16-7-8-16/h3-6,14-16H,7-13H2,1-2H3. The molecule has 1 amide bonds. The number of anilines is 1. The highest BCUT2D eigenvalue weighted by Crippen LogP contribution is 2.40. The van der Waals surface area contributed by atoms with E-state index in [0.717, 1.165) is 54.3 Å². The molecular formula is C23H27ClN6O. The molecule has 1 saturated heterocycles. The Labute approximate surface area is 187 Å². The molecule has 2 aliphatic rings. The molecule has 1 aliphatic heterocycles. The van der Waals surface area contributed by atoms with Crippen LogP contribution in [0.3, 0.4) is 0 Å². The minimum absolute atomic E-state index is 0.243. The van der Waals surface area contributed by atoms with Gasteiger partial charge in [-0.25, -0.2) is 14.6 Å². The highest BCUT2D eigenvalue weighted by Gasteiger charge is 2.31. The number of halogens is 1. The molecule has 3 aromatic rings. The summed E-state index contributed by atoms with van der Waals surface area (Å²) >= 11 is 6.45. The molecule has 0 N–H and O–H groups in total. The van der Waals surface area contributed by atoms with E-state index in [1.807, 2.05) is 40.0 Å². The number of para-hydroxylation sites is 1. The number of carbonyl (C=O) groups excluding carboxylic acids is 1. The molecule has 1 aromatic carbocycles. The normalized spacial score (nSPS) is 17.0. The van der Waals surface area contributed by atoms with Crippen LogP contribution >= 0.6 is 11.6 Å². The van der Waals surface area contributed by atoms with Gasteiger partial charge in [-0.05, 0) is 30.9 Å². The van der Waals surface area contributed by atoms with Gasteiger partial charge in [-0.15, -0.1) is 0 Å². The lowest BCUT2D eigenvalue weighted by Crippen LogP contribution is -2.49. The van der Waals surface area contributed by atoms with Gasteiger partial charge in [-0.2, -0.15) is 5.10 Å². The Morgan fingerprint density at radius 3 is 2.55 bits per heavy atom. The quantitative estimate of drug-likeness (QED) is 0.601. The van der Waals surface area contributed by atoms with Crippen molar-refractivity contribution in [2.45, 2.75) is 39.0 Å². The highest BCUT2D eigenvalue weighted by molar-refractivity contribution is 6.32. The second-order valence-corrected chi connectivity index (χ2v) is 9.30. The van der Waals surface area contributed by atoms with Gasteiger partial charge in [0.1, 0.15) is 11.6 Å². The van der Waals surface area contributed by atoms with E-state index in [1.165, 1.54) is 0 Å². The molecule has 162 valence electrons. The van der Waals surface area contributed by atoms with Crippen molar-refractivity contribution < 1.29 is 4.79 Å². The highest BCUT2D eigenvalue weighted by atomic mass is 35.5. The van der Waals surface area contributed by atoms with Gasteiger partial charge in [0.15, 0.2) is 5.65 Å². The zero-order valence-corrected chi connectivity index (χ0v) is 18.7. The van der Waals surface area contributed by atoms with E-state index in [0.29, 0.717) is 36.4 Å². The zero-order valence-electron chi connectivity index (χ0n) is 18.0. The average molecular weight is 439 g/mol. The molecule has 31 heavy (non-hydrogen) atoms. The topological polar surface area (TPSA) is 67.2 Å². The predicted octanol–water partition coefficient (Wildman–Crippen LogP) is 4.04. The Kier molecular flexibility index (Phi) is 5.30. The minimum Gasteiger partial charge on any atom is -0.352 e. The molecule has 0 spiro atoms. The summed E-state index contributed by atoms with van der Waals surface area (Å²) in [7, 11) is 0. The second-order valence-electron chi connectivity index (χ2n) is 8.89. The van der Waals surface area contributed by atoms with Crippen LogP contribution in [-0.2, 0) is 4.79 Å². The minimum atomic E-state index is 0.243. The van der Waals surface area contributed by atoms with E-state index in [9.17, 15) is 4.79 Å². The van der Waals surface area contributed by atoms with E-state index < -0.39 is 0 Å². The first kappa shape index (κ1) is 20.2. The molecule has 0 bridgehead atoms. The number of hydrogen-bond acceptors (Lipinski definition) is 5. The van der Waals surface area contributed by atoms with Crippen LogP contribution in [0.15, 0.2) is 30.5 Å². The van der Waals surface area contributed by atoms with Crippen molar-refractivity contribution in [3.8, 4) is 5.69 Å². The lowest BCUT2D eigenvalue weighted by atomic mass is 10.1. The number of carbonyl (C=O) groups is 1. The molecule has 2 fully saturated rings. The Morgan fingerprint density at radius 1 is 1.13 bits per heavy atom. The maximum absolute atomic E-state index is 12.5.